The molecule has 2 N–H and O–H groups in total. The zero-order chi connectivity index (χ0) is 15.2. The first-order valence-electron chi connectivity index (χ1n) is 8.21. The second-order valence-electron chi connectivity index (χ2n) is 6.07. The summed E-state index contributed by atoms with van der Waals surface area (Å²) in [5.74, 6) is 2.03. The summed E-state index contributed by atoms with van der Waals surface area (Å²) in [5.41, 5.74) is 1.32. The molecule has 0 bridgehead atoms. The fraction of sp³-hybridized carbons (Fsp3) is 0.529. The van der Waals surface area contributed by atoms with Crippen molar-refractivity contribution in [1.29, 1.82) is 0 Å². The van der Waals surface area contributed by atoms with Crippen LogP contribution in [0.1, 0.15) is 43.5 Å². The average molecular weight is 317 g/mol. The molecule has 1 aliphatic rings. The van der Waals surface area contributed by atoms with Gasteiger partial charge in [0.05, 0.1) is 6.04 Å². The highest BCUT2D eigenvalue weighted by molar-refractivity contribution is 7.98. The van der Waals surface area contributed by atoms with Gasteiger partial charge in [0.15, 0.2) is 11.0 Å². The molecule has 0 saturated heterocycles. The van der Waals surface area contributed by atoms with E-state index in [1.165, 1.54) is 37.7 Å². The first-order chi connectivity index (χ1) is 10.8. The van der Waals surface area contributed by atoms with Gasteiger partial charge in [0.2, 0.25) is 0 Å². The predicted molar refractivity (Wildman–Crippen MR) is 89.5 cm³/mol. The number of nitrogens with two attached hydrogens (primary N) is 1. The van der Waals surface area contributed by atoms with Crippen molar-refractivity contribution in [2.24, 2.45) is 7.05 Å². The Morgan fingerprint density at radius 1 is 1.14 bits per heavy atom. The van der Waals surface area contributed by atoms with Gasteiger partial charge in [-0.3, -0.25) is 0 Å². The summed E-state index contributed by atoms with van der Waals surface area (Å²) in [4.78, 5) is 0. The molecular weight excluding hydrogens is 292 g/mol. The molecule has 1 aliphatic carbocycles. The maximum Gasteiger partial charge on any atom is 0.191 e. The minimum absolute atomic E-state index is 0.783. The molecule has 0 spiro atoms. The van der Waals surface area contributed by atoms with Crippen LogP contribution in [0.2, 0.25) is 0 Å². The fourth-order valence-corrected chi connectivity index (χ4v) is 3.90. The second-order valence-corrected chi connectivity index (χ2v) is 7.01. The van der Waals surface area contributed by atoms with Crippen LogP contribution < -0.4 is 5.32 Å². The SMILES string of the molecule is Cn1c(C[NH2+]C2CCCCC2)nnc1SCc1ccccc1. The molecule has 1 heterocycles. The van der Waals surface area contributed by atoms with Gasteiger partial charge in [-0.2, -0.15) is 0 Å². The zero-order valence-corrected chi connectivity index (χ0v) is 14.1. The molecule has 1 saturated carbocycles. The third-order valence-electron chi connectivity index (χ3n) is 4.42. The van der Waals surface area contributed by atoms with Crippen LogP contribution in [0, 0.1) is 0 Å². The van der Waals surface area contributed by atoms with E-state index in [0.29, 0.717) is 0 Å². The Labute approximate surface area is 136 Å². The summed E-state index contributed by atoms with van der Waals surface area (Å²) in [6.45, 7) is 0.945. The van der Waals surface area contributed by atoms with Gasteiger partial charge in [-0.05, 0) is 31.2 Å². The molecule has 5 heteroatoms. The predicted octanol–water partition coefficient (Wildman–Crippen LogP) is 2.50. The van der Waals surface area contributed by atoms with Gasteiger partial charge in [0, 0.05) is 12.8 Å². The number of hydrogen-bond acceptors (Lipinski definition) is 3. The van der Waals surface area contributed by atoms with Gasteiger partial charge in [-0.1, -0.05) is 48.5 Å². The van der Waals surface area contributed by atoms with Crippen LogP contribution in [0.3, 0.4) is 0 Å². The molecule has 0 aliphatic heterocycles. The van der Waals surface area contributed by atoms with Crippen LogP contribution in [0.15, 0.2) is 35.5 Å². The number of hydrogen-bond donors (Lipinski definition) is 1. The average Bonchev–Trinajstić information content (AvgIpc) is 2.93. The lowest BCUT2D eigenvalue weighted by Gasteiger charge is -2.19. The molecule has 22 heavy (non-hydrogen) atoms. The molecule has 1 aromatic carbocycles. The van der Waals surface area contributed by atoms with Gasteiger partial charge in [-0.15, -0.1) is 10.2 Å². The highest BCUT2D eigenvalue weighted by Crippen LogP contribution is 2.20. The van der Waals surface area contributed by atoms with E-state index in [1.54, 1.807) is 11.8 Å². The van der Waals surface area contributed by atoms with Crippen molar-refractivity contribution < 1.29 is 5.32 Å². The zero-order valence-electron chi connectivity index (χ0n) is 13.2. The minimum Gasteiger partial charge on any atom is -0.337 e. The Hall–Kier alpha value is -1.33. The van der Waals surface area contributed by atoms with Crippen LogP contribution in [-0.2, 0) is 19.3 Å². The Bertz CT molecular complexity index is 576. The highest BCUT2D eigenvalue weighted by Gasteiger charge is 2.18. The lowest BCUT2D eigenvalue weighted by atomic mass is 9.95. The minimum atomic E-state index is 0.783. The molecule has 1 fully saturated rings. The van der Waals surface area contributed by atoms with Crippen LogP contribution in [0.5, 0.6) is 0 Å². The molecule has 4 nitrogen and oxygen atoms in total. The van der Waals surface area contributed by atoms with E-state index in [1.807, 2.05) is 0 Å². The van der Waals surface area contributed by atoms with E-state index < -0.39 is 0 Å². The van der Waals surface area contributed by atoms with E-state index >= 15 is 0 Å². The number of nitrogens with zero attached hydrogens (tertiary/aromatic N) is 3. The first kappa shape index (κ1) is 15.6. The Morgan fingerprint density at radius 3 is 2.68 bits per heavy atom. The van der Waals surface area contributed by atoms with E-state index in [2.05, 4.69) is 57.5 Å². The maximum atomic E-state index is 4.37. The highest BCUT2D eigenvalue weighted by atomic mass is 32.2. The molecular formula is C17H25N4S+. The largest absolute Gasteiger partial charge is 0.337 e. The van der Waals surface area contributed by atoms with Crippen molar-refractivity contribution >= 4 is 11.8 Å². The van der Waals surface area contributed by atoms with Gasteiger partial charge in [-0.25, -0.2) is 0 Å². The summed E-state index contributed by atoms with van der Waals surface area (Å²) < 4.78 is 2.15. The second kappa shape index (κ2) is 7.79. The summed E-state index contributed by atoms with van der Waals surface area (Å²) in [6.07, 6.45) is 6.89. The molecule has 0 amide bonds. The van der Waals surface area contributed by atoms with Gasteiger partial charge >= 0.3 is 0 Å². The monoisotopic (exact) mass is 317 g/mol. The number of thioether (sulfide) groups is 1. The molecule has 0 radical (unpaired) electrons. The summed E-state index contributed by atoms with van der Waals surface area (Å²) in [6, 6.07) is 11.3. The van der Waals surface area contributed by atoms with Crippen LogP contribution in [0.25, 0.3) is 0 Å². The molecule has 0 atom stereocenters. The first-order valence-corrected chi connectivity index (χ1v) is 9.20. The van der Waals surface area contributed by atoms with E-state index in [-0.39, 0.29) is 0 Å². The molecule has 0 unspecified atom stereocenters. The maximum absolute atomic E-state index is 4.37. The quantitative estimate of drug-likeness (QED) is 0.833. The number of benzene rings is 1. The lowest BCUT2D eigenvalue weighted by molar-refractivity contribution is -0.707. The van der Waals surface area contributed by atoms with Gasteiger partial charge < -0.3 is 9.88 Å². The molecule has 1 aromatic heterocycles. The summed E-state index contributed by atoms with van der Waals surface area (Å²) >= 11 is 1.76. The molecule has 2 aromatic rings. The summed E-state index contributed by atoms with van der Waals surface area (Å²) in [7, 11) is 2.08. The number of quaternary nitrogens is 1. The van der Waals surface area contributed by atoms with Gasteiger partial charge in [0.25, 0.3) is 0 Å². The summed E-state index contributed by atoms with van der Waals surface area (Å²) in [5, 5.41) is 12.2. The third kappa shape index (κ3) is 4.11. The molecule has 118 valence electrons. The van der Waals surface area contributed by atoms with Crippen LogP contribution >= 0.6 is 11.8 Å². The third-order valence-corrected chi connectivity index (χ3v) is 5.51. The van der Waals surface area contributed by atoms with Crippen LogP contribution in [-0.4, -0.2) is 20.8 Å². The standard InChI is InChI=1S/C17H24N4S/c1-21-16(12-18-15-10-6-3-7-11-15)19-20-17(21)22-13-14-8-4-2-5-9-14/h2,4-5,8-9,15,18H,3,6-7,10-13H2,1H3/p+1. The Kier molecular flexibility index (Phi) is 5.51. The van der Waals surface area contributed by atoms with Crippen molar-refractivity contribution in [2.75, 3.05) is 0 Å². The van der Waals surface area contributed by atoms with Gasteiger partial charge in [0.1, 0.15) is 6.54 Å². The Morgan fingerprint density at radius 2 is 1.91 bits per heavy atom. The fourth-order valence-electron chi connectivity index (χ4n) is 3.01. The molecule has 3 rings (SSSR count). The van der Waals surface area contributed by atoms with E-state index in [0.717, 1.165) is 29.3 Å². The normalized spacial score (nSPS) is 16.0. The van der Waals surface area contributed by atoms with E-state index in [9.17, 15) is 0 Å². The van der Waals surface area contributed by atoms with Crippen molar-refractivity contribution in [2.45, 2.75) is 55.6 Å². The smallest absolute Gasteiger partial charge is 0.191 e. The topological polar surface area (TPSA) is 47.3 Å². The van der Waals surface area contributed by atoms with Crippen molar-refractivity contribution in [1.82, 2.24) is 14.8 Å². The van der Waals surface area contributed by atoms with Crippen LogP contribution in [0.4, 0.5) is 0 Å². The lowest BCUT2D eigenvalue weighted by Crippen LogP contribution is -2.89. The Balaban J connectivity index is 1.52. The van der Waals surface area contributed by atoms with Crippen molar-refractivity contribution in [3.05, 3.63) is 41.7 Å². The van der Waals surface area contributed by atoms with Crippen molar-refractivity contribution in [3.63, 3.8) is 0 Å². The van der Waals surface area contributed by atoms with E-state index in [4.69, 9.17) is 0 Å². The number of aromatic nitrogens is 3. The number of rotatable bonds is 6. The van der Waals surface area contributed by atoms with Crippen molar-refractivity contribution in [3.8, 4) is 0 Å².